The number of rotatable bonds is 7. The lowest BCUT2D eigenvalue weighted by molar-refractivity contribution is -0.121. The van der Waals surface area contributed by atoms with Crippen molar-refractivity contribution in [2.24, 2.45) is 5.92 Å². The van der Waals surface area contributed by atoms with Gasteiger partial charge in [-0.2, -0.15) is 5.26 Å². The Morgan fingerprint density at radius 3 is 2.50 bits per heavy atom. The molecule has 5 heteroatoms. The van der Waals surface area contributed by atoms with Crippen LogP contribution in [-0.4, -0.2) is 18.0 Å². The highest BCUT2D eigenvalue weighted by Gasteiger charge is 2.30. The Kier molecular flexibility index (Phi) is 5.78. The fourth-order valence-corrected chi connectivity index (χ4v) is 2.31. The summed E-state index contributed by atoms with van der Waals surface area (Å²) in [4.78, 5) is 12.3. The number of benzene rings is 1. The van der Waals surface area contributed by atoms with Crippen molar-refractivity contribution < 1.29 is 9.21 Å². The van der Waals surface area contributed by atoms with Gasteiger partial charge in [0, 0.05) is 0 Å². The molecule has 0 unspecified atom stereocenters. The fraction of sp³-hybridized carbons (Fsp3) is 0.368. The monoisotopic (exact) mass is 325 g/mol. The summed E-state index contributed by atoms with van der Waals surface area (Å²) >= 11 is 0. The molecule has 0 spiro atoms. The lowest BCUT2D eigenvalue weighted by Gasteiger charge is -2.27. The van der Waals surface area contributed by atoms with Crippen molar-refractivity contribution in [3.05, 3.63) is 60.1 Å². The van der Waals surface area contributed by atoms with Gasteiger partial charge in [0.25, 0.3) is 0 Å². The van der Waals surface area contributed by atoms with Crippen LogP contribution in [0.2, 0.25) is 0 Å². The third-order valence-electron chi connectivity index (χ3n) is 4.21. The van der Waals surface area contributed by atoms with Crippen LogP contribution in [0.4, 0.5) is 0 Å². The van der Waals surface area contributed by atoms with Crippen molar-refractivity contribution >= 4 is 5.91 Å². The van der Waals surface area contributed by atoms with Gasteiger partial charge in [-0.25, -0.2) is 0 Å². The van der Waals surface area contributed by atoms with E-state index >= 15 is 0 Å². The van der Waals surface area contributed by atoms with E-state index in [1.54, 1.807) is 13.2 Å². The molecule has 0 bridgehead atoms. The summed E-state index contributed by atoms with van der Waals surface area (Å²) in [6.07, 6.45) is 1.61. The van der Waals surface area contributed by atoms with Crippen molar-refractivity contribution in [2.75, 3.05) is 6.54 Å². The molecule has 0 fully saturated rings. The zero-order valence-corrected chi connectivity index (χ0v) is 14.2. The number of carbonyl (C=O) groups is 1. The Hall–Kier alpha value is -2.58. The van der Waals surface area contributed by atoms with E-state index in [1.165, 1.54) is 0 Å². The first-order chi connectivity index (χ1) is 11.5. The molecular weight excluding hydrogens is 302 g/mol. The van der Waals surface area contributed by atoms with Crippen LogP contribution < -0.4 is 10.6 Å². The van der Waals surface area contributed by atoms with Crippen LogP contribution in [0.15, 0.2) is 53.1 Å². The van der Waals surface area contributed by atoms with Crippen molar-refractivity contribution in [2.45, 2.75) is 32.4 Å². The minimum atomic E-state index is -0.883. The van der Waals surface area contributed by atoms with Gasteiger partial charge in [-0.1, -0.05) is 44.2 Å². The summed E-state index contributed by atoms with van der Waals surface area (Å²) in [6.45, 7) is 5.64. The largest absolute Gasteiger partial charge is 0.467 e. The average Bonchev–Trinajstić information content (AvgIpc) is 3.10. The lowest BCUT2D eigenvalue weighted by atomic mass is 9.90. The van der Waals surface area contributed by atoms with Gasteiger partial charge >= 0.3 is 0 Å². The summed E-state index contributed by atoms with van der Waals surface area (Å²) in [5.41, 5.74) is 0.123. The molecule has 1 aromatic carbocycles. The number of nitrogens with one attached hydrogen (secondary N) is 2. The summed E-state index contributed by atoms with van der Waals surface area (Å²) in [6, 6.07) is 15.4. The van der Waals surface area contributed by atoms with Gasteiger partial charge in [0.1, 0.15) is 11.3 Å². The first-order valence-corrected chi connectivity index (χ1v) is 8.00. The van der Waals surface area contributed by atoms with Gasteiger partial charge in [-0.05, 0) is 30.5 Å². The molecule has 1 aromatic heterocycles. The number of nitrogens with zero attached hydrogens (tertiary/aromatic N) is 1. The normalized spacial score (nSPS) is 14.6. The lowest BCUT2D eigenvalue weighted by Crippen LogP contribution is -2.51. The molecule has 0 aliphatic carbocycles. The number of amides is 1. The van der Waals surface area contributed by atoms with Gasteiger partial charge in [0.2, 0.25) is 5.91 Å². The summed E-state index contributed by atoms with van der Waals surface area (Å²) < 4.78 is 5.50. The molecule has 126 valence electrons. The van der Waals surface area contributed by atoms with Crippen molar-refractivity contribution in [1.29, 1.82) is 5.26 Å². The van der Waals surface area contributed by atoms with Crippen LogP contribution in [0, 0.1) is 17.2 Å². The van der Waals surface area contributed by atoms with Gasteiger partial charge < -0.3 is 9.73 Å². The molecule has 5 nitrogen and oxygen atoms in total. The van der Waals surface area contributed by atoms with Crippen LogP contribution >= 0.6 is 0 Å². The van der Waals surface area contributed by atoms with Crippen molar-refractivity contribution in [3.63, 3.8) is 0 Å². The first kappa shape index (κ1) is 17.8. The highest BCUT2D eigenvalue weighted by atomic mass is 16.3. The predicted molar refractivity (Wildman–Crippen MR) is 92.0 cm³/mol. The fourth-order valence-electron chi connectivity index (χ4n) is 2.31. The molecule has 2 N–H and O–H groups in total. The minimum absolute atomic E-state index is 0.0152. The molecule has 1 heterocycles. The predicted octanol–water partition coefficient (Wildman–Crippen LogP) is 3.01. The van der Waals surface area contributed by atoms with Gasteiger partial charge in [-0.15, -0.1) is 0 Å². The summed E-state index contributed by atoms with van der Waals surface area (Å²) in [5, 5.41) is 15.3. The number of carbonyl (C=O) groups excluding carboxylic acids is 1. The van der Waals surface area contributed by atoms with Crippen LogP contribution in [0.3, 0.4) is 0 Å². The molecule has 2 aromatic rings. The summed E-state index contributed by atoms with van der Waals surface area (Å²) in [5.74, 6) is 0.530. The number of hydrogen-bond acceptors (Lipinski definition) is 4. The first-order valence-electron chi connectivity index (χ1n) is 8.00. The second kappa shape index (κ2) is 7.80. The Morgan fingerprint density at radius 1 is 1.25 bits per heavy atom. The van der Waals surface area contributed by atoms with E-state index in [-0.39, 0.29) is 24.4 Å². The SMILES string of the molecule is CC(C)[C@](C)(C#N)NC(=O)CN[C@@H](c1ccccc1)c1ccco1. The van der Waals surface area contributed by atoms with Crippen LogP contribution in [0.25, 0.3) is 0 Å². The zero-order valence-electron chi connectivity index (χ0n) is 14.2. The third-order valence-corrected chi connectivity index (χ3v) is 4.21. The van der Waals surface area contributed by atoms with E-state index in [0.717, 1.165) is 11.3 Å². The highest BCUT2D eigenvalue weighted by Crippen LogP contribution is 2.22. The van der Waals surface area contributed by atoms with Gasteiger partial charge in [0.15, 0.2) is 0 Å². The highest BCUT2D eigenvalue weighted by molar-refractivity contribution is 5.79. The molecule has 2 atom stereocenters. The van der Waals surface area contributed by atoms with Crippen LogP contribution in [0.1, 0.15) is 38.1 Å². The third kappa shape index (κ3) is 4.24. The van der Waals surface area contributed by atoms with Gasteiger partial charge in [0.05, 0.1) is 24.9 Å². The molecule has 0 aliphatic rings. The second-order valence-corrected chi connectivity index (χ2v) is 6.26. The molecule has 1 amide bonds. The van der Waals surface area contributed by atoms with Gasteiger partial charge in [-0.3, -0.25) is 10.1 Å². The van der Waals surface area contributed by atoms with E-state index < -0.39 is 5.54 Å². The summed E-state index contributed by atoms with van der Waals surface area (Å²) in [7, 11) is 0. The molecule has 0 aliphatic heterocycles. The smallest absolute Gasteiger partial charge is 0.235 e. The zero-order chi connectivity index (χ0) is 17.6. The Morgan fingerprint density at radius 2 is 1.96 bits per heavy atom. The number of furan rings is 1. The second-order valence-electron chi connectivity index (χ2n) is 6.26. The quantitative estimate of drug-likeness (QED) is 0.820. The maximum atomic E-state index is 12.3. The molecule has 0 saturated carbocycles. The Bertz CT molecular complexity index is 689. The van der Waals surface area contributed by atoms with E-state index in [4.69, 9.17) is 4.42 Å². The van der Waals surface area contributed by atoms with E-state index in [0.29, 0.717) is 0 Å². The number of nitriles is 1. The maximum Gasteiger partial charge on any atom is 0.235 e. The van der Waals surface area contributed by atoms with E-state index in [9.17, 15) is 10.1 Å². The standard InChI is InChI=1S/C19H23N3O2/c1-14(2)19(3,13-20)22-17(23)12-21-18(16-10-7-11-24-16)15-8-5-4-6-9-15/h4-11,14,18,21H,12H2,1-3H3,(H,22,23)/t18-,19-/m0/s1. The maximum absolute atomic E-state index is 12.3. The van der Waals surface area contributed by atoms with E-state index in [2.05, 4.69) is 16.7 Å². The number of hydrogen-bond donors (Lipinski definition) is 2. The molecule has 0 radical (unpaired) electrons. The minimum Gasteiger partial charge on any atom is -0.467 e. The molecule has 2 rings (SSSR count). The molecule has 24 heavy (non-hydrogen) atoms. The molecular formula is C19H23N3O2. The Labute approximate surface area is 142 Å². The molecule has 0 saturated heterocycles. The Balaban J connectivity index is 2.07. The van der Waals surface area contributed by atoms with Crippen molar-refractivity contribution in [3.8, 4) is 6.07 Å². The van der Waals surface area contributed by atoms with Crippen LogP contribution in [0.5, 0.6) is 0 Å². The van der Waals surface area contributed by atoms with Crippen LogP contribution in [-0.2, 0) is 4.79 Å². The van der Waals surface area contributed by atoms with Crippen molar-refractivity contribution in [1.82, 2.24) is 10.6 Å². The topological polar surface area (TPSA) is 78.1 Å². The average molecular weight is 325 g/mol. The van der Waals surface area contributed by atoms with E-state index in [1.807, 2.05) is 56.3 Å².